The van der Waals surface area contributed by atoms with E-state index in [2.05, 4.69) is 42.4 Å². The van der Waals surface area contributed by atoms with Gasteiger partial charge in [0.25, 0.3) is 5.82 Å². The summed E-state index contributed by atoms with van der Waals surface area (Å²) in [5.74, 6) is 1.34. The van der Waals surface area contributed by atoms with Gasteiger partial charge in [0.05, 0.1) is 13.6 Å². The van der Waals surface area contributed by atoms with Gasteiger partial charge in [-0.15, -0.1) is 0 Å². The average Bonchev–Trinajstić information content (AvgIpc) is 2.51. The minimum absolute atomic E-state index is 1.17. The molecule has 0 saturated heterocycles. The maximum absolute atomic E-state index is 11.2. The Hall–Kier alpha value is -0.392. The molecule has 0 N–H and O–H groups in total. The third kappa shape index (κ3) is 14.0. The standard InChI is InChI=1S/C11H21N2.6FH.Sb/c1-4-5-6-7-8-13-10-9-12(3)11(13)2;;;;;;;/h9-10H,4-8H2,1-3H3;6*1H;/q+1;;;;;;;+5/p-6. The van der Waals surface area contributed by atoms with Gasteiger partial charge in [-0.1, -0.05) is 19.8 Å². The van der Waals surface area contributed by atoms with Crippen molar-refractivity contribution in [3.63, 3.8) is 0 Å². The average molecular weight is 417 g/mol. The molecule has 2 nitrogen and oxygen atoms in total. The van der Waals surface area contributed by atoms with Gasteiger partial charge in [-0.05, 0) is 12.8 Å². The molecule has 0 spiro atoms. The van der Waals surface area contributed by atoms with Crippen LogP contribution >= 0.6 is 0 Å². The van der Waals surface area contributed by atoms with Crippen molar-refractivity contribution < 1.29 is 21.4 Å². The number of nitrogens with zero attached hydrogens (tertiary/aromatic N) is 2. The molecule has 0 aromatic carbocycles. The van der Waals surface area contributed by atoms with E-state index in [1.807, 2.05) is 0 Å². The summed E-state index contributed by atoms with van der Waals surface area (Å²) < 4.78 is 64.0. The summed E-state index contributed by atoms with van der Waals surface area (Å²) >= 11 is -11.2. The third-order valence-electron chi connectivity index (χ3n) is 2.65. The van der Waals surface area contributed by atoms with E-state index >= 15 is 0 Å². The predicted octanol–water partition coefficient (Wildman–Crippen LogP) is 4.34. The Morgan fingerprint density at radius 1 is 1.05 bits per heavy atom. The molecule has 1 rings (SSSR count). The van der Waals surface area contributed by atoms with E-state index in [4.69, 9.17) is 0 Å². The predicted molar refractivity (Wildman–Crippen MR) is 66.9 cm³/mol. The summed E-state index contributed by atoms with van der Waals surface area (Å²) in [6, 6.07) is 0. The Morgan fingerprint density at radius 2 is 1.55 bits per heavy atom. The number of aryl methyl sites for hydroxylation is 2. The second kappa shape index (κ2) is 6.16. The van der Waals surface area contributed by atoms with Crippen molar-refractivity contribution >= 4 is 19.5 Å². The van der Waals surface area contributed by atoms with Crippen molar-refractivity contribution in [3.8, 4) is 0 Å². The van der Waals surface area contributed by atoms with Crippen LogP contribution in [-0.2, 0) is 13.6 Å². The molecule has 0 unspecified atom stereocenters. The van der Waals surface area contributed by atoms with E-state index in [1.54, 1.807) is 0 Å². The van der Waals surface area contributed by atoms with Crippen LogP contribution in [-0.4, -0.2) is 24.0 Å². The normalized spacial score (nSPS) is 15.1. The number of rotatable bonds is 5. The van der Waals surface area contributed by atoms with Gasteiger partial charge in [-0.2, -0.15) is 0 Å². The molecule has 0 fully saturated rings. The first kappa shape index (κ1) is 19.6. The number of imidazole rings is 1. The Labute approximate surface area is 117 Å². The minimum atomic E-state index is -11.2. The molecule has 0 aliphatic carbocycles. The molecule has 0 amide bonds. The van der Waals surface area contributed by atoms with Crippen molar-refractivity contribution in [3.05, 3.63) is 18.2 Å². The summed E-state index contributed by atoms with van der Waals surface area (Å²) in [5, 5.41) is 0. The van der Waals surface area contributed by atoms with E-state index in [0.717, 1.165) is 0 Å². The van der Waals surface area contributed by atoms with Crippen molar-refractivity contribution in [2.75, 3.05) is 0 Å². The molecule has 0 saturated carbocycles. The van der Waals surface area contributed by atoms with Gasteiger partial charge in [0.1, 0.15) is 12.4 Å². The zero-order valence-electron chi connectivity index (χ0n) is 11.8. The van der Waals surface area contributed by atoms with Gasteiger partial charge in [0, 0.05) is 6.92 Å². The SMILES string of the molecule is CCCCCCn1cc[n+](C)c1C.[F][Sb-]([F])([F])([F])([F])[F]. The first-order valence-electron chi connectivity index (χ1n) is 6.28. The number of halogens is 6. The fraction of sp³-hybridized carbons (Fsp3) is 0.727. The second-order valence-electron chi connectivity index (χ2n) is 4.67. The molecule has 122 valence electrons. The number of unbranched alkanes of at least 4 members (excludes halogenated alkanes) is 3. The fourth-order valence-corrected chi connectivity index (χ4v) is 1.54. The number of aromatic nitrogens is 2. The number of hydrogen-bond donors (Lipinski definition) is 0. The molecular formula is C11H21F6N2Sb. The van der Waals surface area contributed by atoms with Crippen LogP contribution in [0.4, 0.5) is 16.9 Å². The van der Waals surface area contributed by atoms with Crippen LogP contribution in [0.1, 0.15) is 38.4 Å². The van der Waals surface area contributed by atoms with Crippen LogP contribution in [0.15, 0.2) is 12.4 Å². The van der Waals surface area contributed by atoms with Gasteiger partial charge < -0.3 is 0 Å². The van der Waals surface area contributed by atoms with E-state index in [9.17, 15) is 16.9 Å². The van der Waals surface area contributed by atoms with E-state index in [0.29, 0.717) is 0 Å². The molecule has 0 atom stereocenters. The molecule has 1 aromatic heterocycles. The summed E-state index contributed by atoms with van der Waals surface area (Å²) in [5.41, 5.74) is 0. The van der Waals surface area contributed by atoms with Gasteiger partial charge >= 0.3 is 36.4 Å². The van der Waals surface area contributed by atoms with Crippen molar-refractivity contribution in [1.82, 2.24) is 4.57 Å². The molecule has 0 bridgehead atoms. The number of hydrogen-bond acceptors (Lipinski definition) is 0. The molecule has 0 radical (unpaired) electrons. The molecule has 1 heterocycles. The van der Waals surface area contributed by atoms with Crippen LogP contribution in [0.3, 0.4) is 0 Å². The summed E-state index contributed by atoms with van der Waals surface area (Å²) in [6.45, 7) is 5.59. The molecule has 0 aliphatic rings. The van der Waals surface area contributed by atoms with Gasteiger partial charge in [-0.25, -0.2) is 9.13 Å². The van der Waals surface area contributed by atoms with Crippen LogP contribution < -0.4 is 4.57 Å². The summed E-state index contributed by atoms with van der Waals surface area (Å²) in [6.07, 6.45) is 9.64. The molecular weight excluding hydrogens is 396 g/mol. The molecule has 9 heteroatoms. The fourth-order valence-electron chi connectivity index (χ4n) is 1.54. The Kier molecular flexibility index (Phi) is 6.04. The zero-order valence-corrected chi connectivity index (χ0v) is 14.4. The Bertz CT molecular complexity index is 411. The Morgan fingerprint density at radius 3 is 1.90 bits per heavy atom. The summed E-state index contributed by atoms with van der Waals surface area (Å²) in [4.78, 5) is 0. The van der Waals surface area contributed by atoms with Gasteiger partial charge in [0.2, 0.25) is 0 Å². The van der Waals surface area contributed by atoms with Crippen molar-refractivity contribution in [1.29, 1.82) is 0 Å². The topological polar surface area (TPSA) is 8.81 Å². The van der Waals surface area contributed by atoms with Crippen LogP contribution in [0.5, 0.6) is 0 Å². The first-order chi connectivity index (χ1) is 8.70. The maximum atomic E-state index is 9.93. The monoisotopic (exact) mass is 416 g/mol. The van der Waals surface area contributed by atoms with Crippen LogP contribution in [0.2, 0.25) is 0 Å². The quantitative estimate of drug-likeness (QED) is 0.292. The van der Waals surface area contributed by atoms with Crippen LogP contribution in [0.25, 0.3) is 0 Å². The molecule has 1 aromatic rings. The van der Waals surface area contributed by atoms with E-state index in [1.165, 1.54) is 38.1 Å². The summed E-state index contributed by atoms with van der Waals surface area (Å²) in [7, 11) is 2.10. The van der Waals surface area contributed by atoms with Gasteiger partial charge in [-0.3, -0.25) is 0 Å². The Balaban J connectivity index is 0.000000441. The zero-order chi connectivity index (χ0) is 16.1. The molecule has 0 aliphatic heterocycles. The van der Waals surface area contributed by atoms with Crippen molar-refractivity contribution in [2.45, 2.75) is 46.1 Å². The molecule has 20 heavy (non-hydrogen) atoms. The van der Waals surface area contributed by atoms with E-state index < -0.39 is 19.5 Å². The van der Waals surface area contributed by atoms with Crippen LogP contribution in [0, 0.1) is 6.92 Å². The second-order valence-corrected chi connectivity index (χ2v) is 10.1. The third-order valence-corrected chi connectivity index (χ3v) is 2.65. The van der Waals surface area contributed by atoms with E-state index in [-0.39, 0.29) is 0 Å². The first-order valence-corrected chi connectivity index (χ1v) is 12.1. The van der Waals surface area contributed by atoms with Gasteiger partial charge in [0.15, 0.2) is 0 Å². The van der Waals surface area contributed by atoms with Crippen molar-refractivity contribution in [2.24, 2.45) is 7.05 Å².